The van der Waals surface area contributed by atoms with Gasteiger partial charge in [-0.15, -0.1) is 0 Å². The Morgan fingerprint density at radius 1 is 0.857 bits per heavy atom. The predicted molar refractivity (Wildman–Crippen MR) is 149 cm³/mol. The van der Waals surface area contributed by atoms with Crippen LogP contribution in [-0.4, -0.2) is 27.3 Å². The smallest absolute Gasteiger partial charge is 0.258 e. The van der Waals surface area contributed by atoms with E-state index >= 15 is 0 Å². The fourth-order valence-electron chi connectivity index (χ4n) is 5.75. The molecule has 0 bridgehead atoms. The molecule has 2 aromatic carbocycles. The van der Waals surface area contributed by atoms with Crippen molar-refractivity contribution in [3.05, 3.63) is 58.1 Å². The number of aliphatic hydroxyl groups excluding tert-OH is 1. The largest absolute Gasteiger partial charge is 0.543 e. The molecular formula is C30H48O4Si. The molecule has 0 aliphatic rings. The van der Waals surface area contributed by atoms with E-state index in [0.29, 0.717) is 22.5 Å². The molecule has 2 aromatic rings. The summed E-state index contributed by atoms with van der Waals surface area (Å²) in [5.41, 5.74) is 6.54. The van der Waals surface area contributed by atoms with E-state index in [2.05, 4.69) is 87.4 Å². The second-order valence-electron chi connectivity index (χ2n) is 11.0. The van der Waals surface area contributed by atoms with E-state index in [1.807, 2.05) is 12.1 Å². The Morgan fingerprint density at radius 2 is 1.40 bits per heavy atom. The van der Waals surface area contributed by atoms with Gasteiger partial charge in [0.25, 0.3) is 8.32 Å². The lowest BCUT2D eigenvalue weighted by molar-refractivity contribution is 0.0501. The van der Waals surface area contributed by atoms with Crippen molar-refractivity contribution < 1.29 is 19.0 Å². The third-order valence-electron chi connectivity index (χ3n) is 7.67. The van der Waals surface area contributed by atoms with E-state index in [-0.39, 0.29) is 6.79 Å². The lowest BCUT2D eigenvalue weighted by Gasteiger charge is -2.42. The van der Waals surface area contributed by atoms with E-state index in [1.54, 1.807) is 7.11 Å². The Hall–Kier alpha value is -1.82. The van der Waals surface area contributed by atoms with Crippen LogP contribution >= 0.6 is 0 Å². The van der Waals surface area contributed by atoms with Crippen LogP contribution in [0, 0.1) is 13.8 Å². The zero-order chi connectivity index (χ0) is 26.5. The first kappa shape index (κ1) is 29.4. The van der Waals surface area contributed by atoms with Gasteiger partial charge in [0.05, 0.1) is 0 Å². The van der Waals surface area contributed by atoms with Gasteiger partial charge in [0.1, 0.15) is 17.6 Å². The van der Waals surface area contributed by atoms with Crippen LogP contribution in [0.4, 0.5) is 0 Å². The molecule has 0 fully saturated rings. The molecule has 0 aliphatic carbocycles. The summed E-state index contributed by atoms with van der Waals surface area (Å²) in [7, 11) is -0.430. The van der Waals surface area contributed by atoms with Gasteiger partial charge >= 0.3 is 0 Å². The maximum absolute atomic E-state index is 11.5. The highest BCUT2D eigenvalue weighted by atomic mass is 28.4. The van der Waals surface area contributed by atoms with Gasteiger partial charge in [-0.3, -0.25) is 0 Å². The second kappa shape index (κ2) is 12.4. The summed E-state index contributed by atoms with van der Waals surface area (Å²) in [6, 6.07) is 10.2. The van der Waals surface area contributed by atoms with Crippen molar-refractivity contribution in [2.75, 3.05) is 13.9 Å². The summed E-state index contributed by atoms with van der Waals surface area (Å²) in [4.78, 5) is 0. The van der Waals surface area contributed by atoms with Gasteiger partial charge in [-0.1, -0.05) is 61.5 Å². The number of methoxy groups -OCH3 is 1. The molecule has 196 valence electrons. The standard InChI is InChI=1S/C30H48O4Si/c1-12-22(8)27-17-25(13-14-28(27)33-18-32-11)30(31)29-23(9)15-26(16-24(29)10)34-35(19(2)3,20(4)5)21(6)7/h13-17,19-22,30-31H,12,18H2,1-11H3. The van der Waals surface area contributed by atoms with Crippen LogP contribution < -0.4 is 9.16 Å². The molecule has 0 spiro atoms. The first-order chi connectivity index (χ1) is 16.4. The lowest BCUT2D eigenvalue weighted by atomic mass is 9.89. The van der Waals surface area contributed by atoms with Crippen molar-refractivity contribution in [3.8, 4) is 11.5 Å². The summed E-state index contributed by atoms with van der Waals surface area (Å²) >= 11 is 0. The first-order valence-electron chi connectivity index (χ1n) is 13.1. The minimum absolute atomic E-state index is 0.207. The SMILES string of the molecule is CCC(C)c1cc(C(O)c2c(C)cc(O[Si](C(C)C)(C(C)C)C(C)C)cc2C)ccc1OCOC. The third-order valence-corrected chi connectivity index (χ3v) is 13.7. The highest BCUT2D eigenvalue weighted by molar-refractivity contribution is 6.78. The summed E-state index contributed by atoms with van der Waals surface area (Å²) in [5.74, 6) is 2.06. The van der Waals surface area contributed by atoms with Crippen LogP contribution in [0.15, 0.2) is 30.3 Å². The fraction of sp³-hybridized carbons (Fsp3) is 0.600. The van der Waals surface area contributed by atoms with Crippen molar-refractivity contribution >= 4 is 8.32 Å². The molecule has 2 unspecified atom stereocenters. The number of hydrogen-bond donors (Lipinski definition) is 1. The quantitative estimate of drug-likeness (QED) is 0.235. The van der Waals surface area contributed by atoms with E-state index in [1.165, 1.54) is 0 Å². The number of aryl methyl sites for hydroxylation is 2. The molecule has 1 N–H and O–H groups in total. The van der Waals surface area contributed by atoms with Crippen molar-refractivity contribution in [1.29, 1.82) is 0 Å². The molecule has 5 heteroatoms. The Labute approximate surface area is 215 Å². The van der Waals surface area contributed by atoms with Crippen LogP contribution in [0.1, 0.15) is 102 Å². The summed E-state index contributed by atoms with van der Waals surface area (Å²) in [5, 5.41) is 11.5. The zero-order valence-corrected chi connectivity index (χ0v) is 24.9. The van der Waals surface area contributed by atoms with Crippen LogP contribution in [0.3, 0.4) is 0 Å². The molecule has 4 nitrogen and oxygen atoms in total. The summed E-state index contributed by atoms with van der Waals surface area (Å²) < 4.78 is 17.8. The Bertz CT molecular complexity index is 922. The number of benzene rings is 2. The Balaban J connectivity index is 2.48. The highest BCUT2D eigenvalue weighted by Gasteiger charge is 2.47. The Morgan fingerprint density at radius 3 is 1.86 bits per heavy atom. The molecule has 0 saturated carbocycles. The van der Waals surface area contributed by atoms with Gasteiger partial charge in [-0.2, -0.15) is 0 Å². The number of ether oxygens (including phenoxy) is 2. The minimum Gasteiger partial charge on any atom is -0.543 e. The summed E-state index contributed by atoms with van der Waals surface area (Å²) in [6.07, 6.45) is 0.269. The van der Waals surface area contributed by atoms with Crippen LogP contribution in [0.5, 0.6) is 11.5 Å². The van der Waals surface area contributed by atoms with E-state index in [9.17, 15) is 5.11 Å². The van der Waals surface area contributed by atoms with E-state index < -0.39 is 14.4 Å². The topological polar surface area (TPSA) is 47.9 Å². The third kappa shape index (κ3) is 6.30. The average molecular weight is 501 g/mol. The molecule has 2 atom stereocenters. The molecule has 0 radical (unpaired) electrons. The maximum Gasteiger partial charge on any atom is 0.258 e. The van der Waals surface area contributed by atoms with Crippen LogP contribution in [0.2, 0.25) is 16.6 Å². The Kier molecular flexibility index (Phi) is 10.4. The van der Waals surface area contributed by atoms with E-state index in [4.69, 9.17) is 13.9 Å². The molecule has 0 aromatic heterocycles. The molecular weight excluding hydrogens is 452 g/mol. The number of rotatable bonds is 12. The monoisotopic (exact) mass is 500 g/mol. The maximum atomic E-state index is 11.5. The zero-order valence-electron chi connectivity index (χ0n) is 23.9. The van der Waals surface area contributed by atoms with Gasteiger partial charge in [0, 0.05) is 7.11 Å². The second-order valence-corrected chi connectivity index (χ2v) is 16.3. The number of aliphatic hydroxyl groups is 1. The lowest BCUT2D eigenvalue weighted by Crippen LogP contribution is -2.50. The summed E-state index contributed by atoms with van der Waals surface area (Å²) in [6.45, 7) is 22.5. The highest BCUT2D eigenvalue weighted by Crippen LogP contribution is 2.44. The molecule has 2 rings (SSSR count). The van der Waals surface area contributed by atoms with Gasteiger partial charge in [-0.25, -0.2) is 0 Å². The van der Waals surface area contributed by atoms with Crippen molar-refractivity contribution in [1.82, 2.24) is 0 Å². The normalized spacial score (nSPS) is 14.0. The minimum atomic E-state index is -2.05. The predicted octanol–water partition coefficient (Wildman–Crippen LogP) is 8.44. The van der Waals surface area contributed by atoms with Gasteiger partial charge < -0.3 is 19.0 Å². The van der Waals surface area contributed by atoms with Gasteiger partial charge in [-0.05, 0) is 94.9 Å². The van der Waals surface area contributed by atoms with Gasteiger partial charge in [0.15, 0.2) is 6.79 Å². The van der Waals surface area contributed by atoms with Crippen molar-refractivity contribution in [3.63, 3.8) is 0 Å². The average Bonchev–Trinajstić information content (AvgIpc) is 2.79. The number of hydrogen-bond acceptors (Lipinski definition) is 4. The molecule has 35 heavy (non-hydrogen) atoms. The van der Waals surface area contributed by atoms with Crippen molar-refractivity contribution in [2.45, 2.75) is 104 Å². The van der Waals surface area contributed by atoms with E-state index in [0.717, 1.165) is 45.7 Å². The molecule has 0 aliphatic heterocycles. The van der Waals surface area contributed by atoms with Gasteiger partial charge in [0.2, 0.25) is 0 Å². The molecule has 0 heterocycles. The van der Waals surface area contributed by atoms with Crippen LogP contribution in [0.25, 0.3) is 0 Å². The fourth-order valence-corrected chi connectivity index (χ4v) is 11.0. The molecule has 0 saturated heterocycles. The molecule has 0 amide bonds. The van der Waals surface area contributed by atoms with Crippen LogP contribution in [-0.2, 0) is 4.74 Å². The first-order valence-corrected chi connectivity index (χ1v) is 15.3. The van der Waals surface area contributed by atoms with Crippen molar-refractivity contribution in [2.24, 2.45) is 0 Å².